The van der Waals surface area contributed by atoms with E-state index >= 15 is 0 Å². The number of benzene rings is 2. The number of anilines is 1. The molecule has 0 saturated carbocycles. The van der Waals surface area contributed by atoms with E-state index in [9.17, 15) is 18.0 Å². The van der Waals surface area contributed by atoms with Gasteiger partial charge in [0.05, 0.1) is 11.9 Å². The van der Waals surface area contributed by atoms with E-state index in [0.717, 1.165) is 21.7 Å². The molecule has 0 fully saturated rings. The summed E-state index contributed by atoms with van der Waals surface area (Å²) in [5, 5.41) is 2.91. The van der Waals surface area contributed by atoms with Gasteiger partial charge in [0.25, 0.3) is 0 Å². The zero-order valence-electron chi connectivity index (χ0n) is 20.3. The number of carbonyl (C=O) groups is 2. The number of aryl methyl sites for hydroxylation is 1. The van der Waals surface area contributed by atoms with Gasteiger partial charge in [-0.1, -0.05) is 48.0 Å². The van der Waals surface area contributed by atoms with Crippen molar-refractivity contribution >= 4 is 27.5 Å². The summed E-state index contributed by atoms with van der Waals surface area (Å²) in [5.41, 5.74) is 1.96. The lowest BCUT2D eigenvalue weighted by atomic mass is 10.1. The Hall–Kier alpha value is -2.87. The van der Waals surface area contributed by atoms with Crippen LogP contribution in [0.4, 0.5) is 5.69 Å². The van der Waals surface area contributed by atoms with Crippen LogP contribution < -0.4 is 9.62 Å². The second-order valence-electron chi connectivity index (χ2n) is 9.34. The number of nitrogens with one attached hydrogen (secondary N) is 1. The molecule has 0 aliphatic rings. The Labute approximate surface area is 197 Å². The third-order valence-electron chi connectivity index (χ3n) is 5.15. The standard InChI is InChI=1S/C25H35N3O4S/c1-19-12-14-22(15-13-19)28(33(6,31)32)18-23(29)27(17-16-21-10-8-7-9-11-21)20(2)24(30)26-25(3,4)5/h7-15,20H,16-18H2,1-6H3,(H,26,30). The zero-order valence-corrected chi connectivity index (χ0v) is 21.1. The fourth-order valence-electron chi connectivity index (χ4n) is 3.37. The second kappa shape index (κ2) is 10.8. The average molecular weight is 474 g/mol. The van der Waals surface area contributed by atoms with Crippen LogP contribution in [0.25, 0.3) is 0 Å². The van der Waals surface area contributed by atoms with Crippen molar-refractivity contribution in [1.29, 1.82) is 0 Å². The van der Waals surface area contributed by atoms with Crippen molar-refractivity contribution in [2.45, 2.75) is 52.6 Å². The Balaban J connectivity index is 2.31. The molecule has 0 aliphatic heterocycles. The lowest BCUT2D eigenvalue weighted by molar-refractivity contribution is -0.139. The van der Waals surface area contributed by atoms with Crippen LogP contribution in [-0.2, 0) is 26.0 Å². The normalized spacial score (nSPS) is 12.7. The monoisotopic (exact) mass is 473 g/mol. The van der Waals surface area contributed by atoms with Gasteiger partial charge in [0.1, 0.15) is 12.6 Å². The number of carbonyl (C=O) groups excluding carboxylic acids is 2. The van der Waals surface area contributed by atoms with Gasteiger partial charge in [0, 0.05) is 12.1 Å². The SMILES string of the molecule is Cc1ccc(N(CC(=O)N(CCc2ccccc2)C(C)C(=O)NC(C)(C)C)S(C)(=O)=O)cc1. The highest BCUT2D eigenvalue weighted by Crippen LogP contribution is 2.19. The molecule has 0 saturated heterocycles. The Morgan fingerprint density at radius 1 is 1.00 bits per heavy atom. The van der Waals surface area contributed by atoms with E-state index in [-0.39, 0.29) is 19.0 Å². The first kappa shape index (κ1) is 26.4. The maximum atomic E-state index is 13.4. The molecule has 0 heterocycles. The van der Waals surface area contributed by atoms with Crippen molar-refractivity contribution in [2.75, 3.05) is 23.7 Å². The van der Waals surface area contributed by atoms with Crippen LogP contribution in [0.1, 0.15) is 38.8 Å². The van der Waals surface area contributed by atoms with E-state index in [0.29, 0.717) is 12.1 Å². The first-order valence-electron chi connectivity index (χ1n) is 11.0. The van der Waals surface area contributed by atoms with Crippen molar-refractivity contribution in [2.24, 2.45) is 0 Å². The number of nitrogens with zero attached hydrogens (tertiary/aromatic N) is 2. The van der Waals surface area contributed by atoms with E-state index in [1.54, 1.807) is 31.2 Å². The van der Waals surface area contributed by atoms with Gasteiger partial charge in [-0.25, -0.2) is 8.42 Å². The smallest absolute Gasteiger partial charge is 0.244 e. The van der Waals surface area contributed by atoms with Gasteiger partial charge in [-0.2, -0.15) is 0 Å². The molecule has 2 amide bonds. The largest absolute Gasteiger partial charge is 0.350 e. The maximum absolute atomic E-state index is 13.4. The van der Waals surface area contributed by atoms with Gasteiger partial charge in [-0.15, -0.1) is 0 Å². The van der Waals surface area contributed by atoms with Gasteiger partial charge in [0.2, 0.25) is 21.8 Å². The molecule has 2 rings (SSSR count). The summed E-state index contributed by atoms with van der Waals surface area (Å²) >= 11 is 0. The molecular weight excluding hydrogens is 438 g/mol. The Morgan fingerprint density at radius 2 is 1.58 bits per heavy atom. The molecule has 0 aliphatic carbocycles. The third kappa shape index (κ3) is 8.20. The topological polar surface area (TPSA) is 86.8 Å². The van der Waals surface area contributed by atoms with Gasteiger partial charge in [-0.3, -0.25) is 13.9 Å². The molecule has 0 radical (unpaired) electrons. The van der Waals surface area contributed by atoms with Crippen LogP contribution in [0.3, 0.4) is 0 Å². The predicted molar refractivity (Wildman–Crippen MR) is 133 cm³/mol. The first-order valence-corrected chi connectivity index (χ1v) is 12.8. The molecule has 8 heteroatoms. The van der Waals surface area contributed by atoms with Crippen LogP contribution in [0.15, 0.2) is 54.6 Å². The Bertz CT molecular complexity index is 1050. The summed E-state index contributed by atoms with van der Waals surface area (Å²) in [5.74, 6) is -0.723. The van der Waals surface area contributed by atoms with E-state index < -0.39 is 27.5 Å². The van der Waals surface area contributed by atoms with Gasteiger partial charge < -0.3 is 10.2 Å². The number of amides is 2. The summed E-state index contributed by atoms with van der Waals surface area (Å²) in [6.45, 7) is 9.08. The number of rotatable bonds is 9. The fraction of sp³-hybridized carbons (Fsp3) is 0.440. The van der Waals surface area contributed by atoms with Crippen LogP contribution in [0.2, 0.25) is 0 Å². The van der Waals surface area contributed by atoms with Crippen molar-refractivity contribution in [3.05, 3.63) is 65.7 Å². The molecule has 0 aromatic heterocycles. The third-order valence-corrected chi connectivity index (χ3v) is 6.29. The minimum absolute atomic E-state index is 0.285. The van der Waals surface area contributed by atoms with E-state index in [1.807, 2.05) is 58.0 Å². The highest BCUT2D eigenvalue weighted by molar-refractivity contribution is 7.92. The Morgan fingerprint density at radius 3 is 2.09 bits per heavy atom. The second-order valence-corrected chi connectivity index (χ2v) is 11.2. The van der Waals surface area contributed by atoms with Gasteiger partial charge >= 0.3 is 0 Å². The molecule has 0 spiro atoms. The van der Waals surface area contributed by atoms with Crippen molar-refractivity contribution in [3.8, 4) is 0 Å². The first-order chi connectivity index (χ1) is 15.3. The molecule has 180 valence electrons. The summed E-state index contributed by atoms with van der Waals surface area (Å²) in [6, 6.07) is 15.8. The summed E-state index contributed by atoms with van der Waals surface area (Å²) in [6.07, 6.45) is 1.62. The highest BCUT2D eigenvalue weighted by Gasteiger charge is 2.31. The molecule has 1 atom stereocenters. The van der Waals surface area contributed by atoms with Crippen molar-refractivity contribution in [3.63, 3.8) is 0 Å². The minimum Gasteiger partial charge on any atom is -0.350 e. The lowest BCUT2D eigenvalue weighted by Gasteiger charge is -2.33. The molecule has 2 aromatic rings. The summed E-state index contributed by atoms with van der Waals surface area (Å²) in [7, 11) is -3.72. The lowest BCUT2D eigenvalue weighted by Crippen LogP contribution is -2.55. The number of hydrogen-bond acceptors (Lipinski definition) is 4. The molecule has 0 bridgehead atoms. The van der Waals surface area contributed by atoms with Crippen LogP contribution >= 0.6 is 0 Å². The van der Waals surface area contributed by atoms with Gasteiger partial charge in [0.15, 0.2) is 0 Å². The molecule has 2 aromatic carbocycles. The quantitative estimate of drug-likeness (QED) is 0.606. The maximum Gasteiger partial charge on any atom is 0.244 e. The summed E-state index contributed by atoms with van der Waals surface area (Å²) < 4.78 is 26.1. The fourth-order valence-corrected chi connectivity index (χ4v) is 4.22. The van der Waals surface area contributed by atoms with Crippen molar-refractivity contribution in [1.82, 2.24) is 10.2 Å². The van der Waals surface area contributed by atoms with Gasteiger partial charge in [-0.05, 0) is 58.7 Å². The number of sulfonamides is 1. The van der Waals surface area contributed by atoms with E-state index in [2.05, 4.69) is 5.32 Å². The van der Waals surface area contributed by atoms with Crippen LogP contribution in [0.5, 0.6) is 0 Å². The van der Waals surface area contributed by atoms with Crippen molar-refractivity contribution < 1.29 is 18.0 Å². The predicted octanol–water partition coefficient (Wildman–Crippen LogP) is 3.14. The van der Waals surface area contributed by atoms with Crippen LogP contribution in [-0.4, -0.2) is 56.1 Å². The molecular formula is C25H35N3O4S. The molecule has 1 N–H and O–H groups in total. The Kier molecular flexibility index (Phi) is 8.66. The average Bonchev–Trinajstić information content (AvgIpc) is 2.71. The summed E-state index contributed by atoms with van der Waals surface area (Å²) in [4.78, 5) is 27.7. The number of hydrogen-bond donors (Lipinski definition) is 1. The minimum atomic E-state index is -3.72. The molecule has 33 heavy (non-hydrogen) atoms. The van der Waals surface area contributed by atoms with E-state index in [1.165, 1.54) is 4.90 Å². The van der Waals surface area contributed by atoms with E-state index in [4.69, 9.17) is 0 Å². The zero-order chi connectivity index (χ0) is 24.8. The highest BCUT2D eigenvalue weighted by atomic mass is 32.2. The molecule has 1 unspecified atom stereocenters. The molecule has 7 nitrogen and oxygen atoms in total. The van der Waals surface area contributed by atoms with Crippen LogP contribution in [0, 0.1) is 6.92 Å².